The molecule has 0 aromatic rings. The van der Waals surface area contributed by atoms with Crippen molar-refractivity contribution in [2.24, 2.45) is 0 Å². The molecule has 0 aliphatic heterocycles. The maximum Gasteiger partial charge on any atom is 0.334 e. The van der Waals surface area contributed by atoms with Gasteiger partial charge in [0.1, 0.15) is 0 Å². The van der Waals surface area contributed by atoms with E-state index in [4.69, 9.17) is 0 Å². The largest absolute Gasteiger partial charge is 0.466 e. The van der Waals surface area contributed by atoms with Crippen LogP contribution < -0.4 is 0 Å². The van der Waals surface area contributed by atoms with Crippen LogP contribution in [0.2, 0.25) is 0 Å². The summed E-state index contributed by atoms with van der Waals surface area (Å²) in [4.78, 5) is 22.7. The molecule has 0 amide bonds. The fourth-order valence-corrected chi connectivity index (χ4v) is 3.92. The molecule has 19 heavy (non-hydrogen) atoms. The number of carbonyl (C=O) groups is 2. The van der Waals surface area contributed by atoms with E-state index in [0.717, 1.165) is 14.6 Å². The first-order valence-corrected chi connectivity index (χ1v) is 8.89. The molecule has 0 saturated carbocycles. The highest BCUT2D eigenvalue weighted by atomic mass is 32.2. The highest BCUT2D eigenvalue weighted by Gasteiger charge is 2.14. The molecule has 0 aliphatic carbocycles. The Hall–Kier alpha value is -0.180. The quantitative estimate of drug-likeness (QED) is 0.434. The second-order valence-corrected chi connectivity index (χ2v) is 6.60. The first kappa shape index (κ1) is 18.8. The molecule has 0 heterocycles. The van der Waals surface area contributed by atoms with Crippen LogP contribution in [0.15, 0.2) is 20.1 Å². The summed E-state index contributed by atoms with van der Waals surface area (Å²) in [6.45, 7) is 0. The van der Waals surface area contributed by atoms with Gasteiger partial charge in [-0.1, -0.05) is 0 Å². The predicted octanol–water partition coefficient (Wildman–Crippen LogP) is 2.77. The van der Waals surface area contributed by atoms with E-state index in [9.17, 15) is 9.59 Å². The van der Waals surface area contributed by atoms with Crippen LogP contribution in [-0.4, -0.2) is 44.4 Å². The van der Waals surface area contributed by atoms with Gasteiger partial charge in [-0.2, -0.15) is 0 Å². The van der Waals surface area contributed by atoms with E-state index >= 15 is 0 Å². The van der Waals surface area contributed by atoms with Crippen molar-refractivity contribution in [2.45, 2.75) is 0 Å². The first-order valence-electron chi connectivity index (χ1n) is 5.01. The number of ether oxygens (including phenoxy) is 2. The van der Waals surface area contributed by atoms with Crippen LogP contribution in [0, 0.1) is 0 Å². The van der Waals surface area contributed by atoms with Crippen molar-refractivity contribution in [2.75, 3.05) is 32.5 Å². The standard InChI is InChI=1S/C11H16O4S4/c1-14-8(12)5-7(9(13)15-2)6-19-11(18-4)10(16)17-3/h5,16H,6H2,1-4H3/b7-5?,11-10+. The molecular weight excluding hydrogens is 324 g/mol. The average Bonchev–Trinajstić information content (AvgIpc) is 2.44. The Balaban J connectivity index is 4.90. The van der Waals surface area contributed by atoms with Crippen LogP contribution in [0.3, 0.4) is 0 Å². The second kappa shape index (κ2) is 10.6. The lowest BCUT2D eigenvalue weighted by molar-refractivity contribution is -0.138. The smallest absolute Gasteiger partial charge is 0.334 e. The normalized spacial score (nSPS) is 12.8. The Morgan fingerprint density at radius 2 is 1.79 bits per heavy atom. The van der Waals surface area contributed by atoms with Crippen LogP contribution in [0.1, 0.15) is 0 Å². The van der Waals surface area contributed by atoms with Gasteiger partial charge in [0.15, 0.2) is 0 Å². The molecular formula is C11H16O4S4. The molecule has 0 saturated heterocycles. The van der Waals surface area contributed by atoms with Crippen molar-refractivity contribution >= 4 is 59.9 Å². The lowest BCUT2D eigenvalue weighted by atomic mass is 10.3. The summed E-state index contributed by atoms with van der Waals surface area (Å²) in [7, 11) is 2.53. The first-order chi connectivity index (χ1) is 8.99. The van der Waals surface area contributed by atoms with E-state index in [0.29, 0.717) is 5.75 Å². The number of methoxy groups -OCH3 is 2. The van der Waals surface area contributed by atoms with E-state index in [1.165, 1.54) is 49.5 Å². The highest BCUT2D eigenvalue weighted by Crippen LogP contribution is 2.36. The lowest BCUT2D eigenvalue weighted by Crippen LogP contribution is -2.10. The monoisotopic (exact) mass is 340 g/mol. The molecule has 108 valence electrons. The van der Waals surface area contributed by atoms with Gasteiger partial charge in [0, 0.05) is 11.8 Å². The summed E-state index contributed by atoms with van der Waals surface area (Å²) in [5.41, 5.74) is 0.258. The number of hydrogen-bond acceptors (Lipinski definition) is 8. The molecule has 0 fully saturated rings. The molecule has 4 nitrogen and oxygen atoms in total. The molecule has 0 bridgehead atoms. The highest BCUT2D eigenvalue weighted by molar-refractivity contribution is 8.25. The zero-order chi connectivity index (χ0) is 14.8. The Morgan fingerprint density at radius 1 is 1.16 bits per heavy atom. The molecule has 0 spiro atoms. The Labute approximate surface area is 131 Å². The maximum absolute atomic E-state index is 11.5. The van der Waals surface area contributed by atoms with Gasteiger partial charge in [-0.05, 0) is 12.5 Å². The number of rotatable bonds is 7. The zero-order valence-electron chi connectivity index (χ0n) is 11.1. The summed E-state index contributed by atoms with van der Waals surface area (Å²) in [6.07, 6.45) is 5.00. The van der Waals surface area contributed by atoms with Crippen LogP contribution in [0.5, 0.6) is 0 Å². The van der Waals surface area contributed by atoms with Crippen LogP contribution in [0.25, 0.3) is 0 Å². The Morgan fingerprint density at radius 3 is 2.21 bits per heavy atom. The van der Waals surface area contributed by atoms with Crippen LogP contribution >= 0.6 is 47.9 Å². The van der Waals surface area contributed by atoms with E-state index in [1.807, 2.05) is 12.5 Å². The molecule has 0 N–H and O–H groups in total. The van der Waals surface area contributed by atoms with Gasteiger partial charge in [-0.3, -0.25) is 0 Å². The zero-order valence-corrected chi connectivity index (χ0v) is 14.4. The molecule has 0 unspecified atom stereocenters. The topological polar surface area (TPSA) is 52.6 Å². The van der Waals surface area contributed by atoms with Gasteiger partial charge < -0.3 is 9.47 Å². The number of thiol groups is 1. The third-order valence-corrected chi connectivity index (χ3v) is 6.13. The fourth-order valence-electron chi connectivity index (χ4n) is 0.926. The Kier molecular flexibility index (Phi) is 10.5. The minimum Gasteiger partial charge on any atom is -0.466 e. The summed E-state index contributed by atoms with van der Waals surface area (Å²) in [5, 5.41) is 0. The SMILES string of the molecule is COC(=O)C=C(CS/C(SC)=C(\S)SC)C(=O)OC. The summed E-state index contributed by atoms with van der Waals surface area (Å²) >= 11 is 8.83. The van der Waals surface area contributed by atoms with Gasteiger partial charge >= 0.3 is 11.9 Å². The third-order valence-electron chi connectivity index (χ3n) is 1.85. The minimum absolute atomic E-state index is 0.258. The average molecular weight is 341 g/mol. The maximum atomic E-state index is 11.5. The number of esters is 2. The van der Waals surface area contributed by atoms with Gasteiger partial charge in [-0.15, -0.1) is 47.9 Å². The van der Waals surface area contributed by atoms with Gasteiger partial charge in [0.2, 0.25) is 0 Å². The third kappa shape index (κ3) is 7.24. The summed E-state index contributed by atoms with van der Waals surface area (Å²) in [5.74, 6) is -0.794. The number of thioether (sulfide) groups is 3. The van der Waals surface area contributed by atoms with Crippen molar-refractivity contribution in [1.29, 1.82) is 0 Å². The second-order valence-electron chi connectivity index (χ2n) is 2.97. The van der Waals surface area contributed by atoms with Crippen molar-refractivity contribution in [3.05, 3.63) is 20.1 Å². The van der Waals surface area contributed by atoms with E-state index < -0.39 is 11.9 Å². The number of carbonyl (C=O) groups excluding carboxylic acids is 2. The number of hydrogen-bond donors (Lipinski definition) is 1. The molecule has 0 rings (SSSR count). The summed E-state index contributed by atoms with van der Waals surface area (Å²) in [6, 6.07) is 0. The van der Waals surface area contributed by atoms with E-state index in [-0.39, 0.29) is 5.57 Å². The molecule has 0 aliphatic rings. The van der Waals surface area contributed by atoms with Gasteiger partial charge in [0.25, 0.3) is 0 Å². The lowest BCUT2D eigenvalue weighted by Gasteiger charge is -2.08. The molecule has 0 aromatic carbocycles. The predicted molar refractivity (Wildman–Crippen MR) is 87.6 cm³/mol. The summed E-state index contributed by atoms with van der Waals surface area (Å²) < 4.78 is 11.0. The van der Waals surface area contributed by atoms with Gasteiger partial charge in [-0.25, -0.2) is 9.59 Å². The minimum atomic E-state index is -0.577. The van der Waals surface area contributed by atoms with Crippen molar-refractivity contribution in [3.63, 3.8) is 0 Å². The van der Waals surface area contributed by atoms with Crippen LogP contribution in [-0.2, 0) is 19.1 Å². The molecule has 0 radical (unpaired) electrons. The van der Waals surface area contributed by atoms with E-state index in [1.54, 1.807) is 0 Å². The van der Waals surface area contributed by atoms with Crippen molar-refractivity contribution < 1.29 is 19.1 Å². The van der Waals surface area contributed by atoms with Crippen LogP contribution in [0.4, 0.5) is 0 Å². The molecule has 8 heteroatoms. The van der Waals surface area contributed by atoms with Crippen molar-refractivity contribution in [3.8, 4) is 0 Å². The molecule has 0 aromatic heterocycles. The Bertz CT molecular complexity index is 390. The fraction of sp³-hybridized carbons (Fsp3) is 0.455. The van der Waals surface area contributed by atoms with Gasteiger partial charge in [0.05, 0.1) is 28.3 Å². The molecule has 0 atom stereocenters. The van der Waals surface area contributed by atoms with Crippen molar-refractivity contribution in [1.82, 2.24) is 0 Å². The van der Waals surface area contributed by atoms with E-state index in [2.05, 4.69) is 22.1 Å².